The number of phenols is 1. The highest BCUT2D eigenvalue weighted by atomic mass is 16.6. The normalized spacial score (nSPS) is 12.9. The number of carbonyl (C=O) groups is 2. The number of rotatable bonds is 8. The predicted molar refractivity (Wildman–Crippen MR) is 122 cm³/mol. The Labute approximate surface area is 186 Å². The second-order valence-corrected chi connectivity index (χ2v) is 7.47. The maximum Gasteiger partial charge on any atom is 0.412 e. The van der Waals surface area contributed by atoms with Gasteiger partial charge in [-0.3, -0.25) is 15.3 Å². The minimum Gasteiger partial charge on any atom is -0.507 e. The summed E-state index contributed by atoms with van der Waals surface area (Å²) in [6.45, 7) is 1.96. The van der Waals surface area contributed by atoms with Gasteiger partial charge in [-0.15, -0.1) is 0 Å². The second-order valence-electron chi connectivity index (χ2n) is 7.47. The SMILES string of the molecule is C[C@H](CC/C=C/C(=O)NO)[C@H](OC(=O)Nc1ccccc1)c1ccc(O)c2ccccc12. The fourth-order valence-electron chi connectivity index (χ4n) is 3.56. The lowest BCUT2D eigenvalue weighted by Gasteiger charge is -2.26. The van der Waals surface area contributed by atoms with Gasteiger partial charge in [0.15, 0.2) is 0 Å². The van der Waals surface area contributed by atoms with Crippen LogP contribution in [0.2, 0.25) is 0 Å². The van der Waals surface area contributed by atoms with Crippen LogP contribution in [-0.2, 0) is 9.53 Å². The molecule has 0 saturated carbocycles. The fraction of sp³-hybridized carbons (Fsp3) is 0.200. The van der Waals surface area contributed by atoms with Gasteiger partial charge in [-0.25, -0.2) is 10.3 Å². The molecule has 3 aromatic carbocycles. The Bertz CT molecular complexity index is 1100. The van der Waals surface area contributed by atoms with Gasteiger partial charge in [0.1, 0.15) is 11.9 Å². The Hall–Kier alpha value is -3.84. The molecule has 0 radical (unpaired) electrons. The summed E-state index contributed by atoms with van der Waals surface area (Å²) in [5.41, 5.74) is 2.96. The lowest BCUT2D eigenvalue weighted by atomic mass is 9.89. The summed E-state index contributed by atoms with van der Waals surface area (Å²) < 4.78 is 5.87. The molecule has 0 heterocycles. The van der Waals surface area contributed by atoms with E-state index in [4.69, 9.17) is 9.94 Å². The number of ether oxygens (including phenoxy) is 1. The smallest absolute Gasteiger partial charge is 0.412 e. The first-order valence-electron chi connectivity index (χ1n) is 10.3. The van der Waals surface area contributed by atoms with Gasteiger partial charge in [0.05, 0.1) is 0 Å². The molecule has 166 valence electrons. The number of nitrogens with one attached hydrogen (secondary N) is 2. The van der Waals surface area contributed by atoms with E-state index >= 15 is 0 Å². The Balaban J connectivity index is 1.86. The zero-order valence-corrected chi connectivity index (χ0v) is 17.7. The van der Waals surface area contributed by atoms with Gasteiger partial charge < -0.3 is 9.84 Å². The molecule has 0 saturated heterocycles. The lowest BCUT2D eigenvalue weighted by Crippen LogP contribution is -2.22. The highest BCUT2D eigenvalue weighted by molar-refractivity contribution is 5.91. The molecule has 32 heavy (non-hydrogen) atoms. The van der Waals surface area contributed by atoms with Crippen LogP contribution in [0.25, 0.3) is 10.8 Å². The third-order valence-electron chi connectivity index (χ3n) is 5.18. The highest BCUT2D eigenvalue weighted by Crippen LogP contribution is 2.37. The molecule has 0 unspecified atom stereocenters. The van der Waals surface area contributed by atoms with E-state index in [0.717, 1.165) is 10.9 Å². The van der Waals surface area contributed by atoms with Crippen molar-refractivity contribution < 1.29 is 24.6 Å². The van der Waals surface area contributed by atoms with Crippen LogP contribution in [0.5, 0.6) is 5.75 Å². The van der Waals surface area contributed by atoms with E-state index in [1.807, 2.05) is 49.4 Å². The Morgan fingerprint density at radius 1 is 1.00 bits per heavy atom. The minimum absolute atomic E-state index is 0.105. The molecule has 0 aromatic heterocycles. The summed E-state index contributed by atoms with van der Waals surface area (Å²) in [4.78, 5) is 23.8. The van der Waals surface area contributed by atoms with E-state index in [0.29, 0.717) is 23.9 Å². The summed E-state index contributed by atoms with van der Waals surface area (Å²) in [5, 5.41) is 23.1. The van der Waals surface area contributed by atoms with Crippen molar-refractivity contribution in [2.24, 2.45) is 5.92 Å². The number of hydrogen-bond donors (Lipinski definition) is 4. The summed E-state index contributed by atoms with van der Waals surface area (Å²) in [6.07, 6.45) is 2.89. The van der Waals surface area contributed by atoms with Crippen LogP contribution < -0.4 is 10.8 Å². The molecule has 2 atom stereocenters. The van der Waals surface area contributed by atoms with Crippen LogP contribution in [0.15, 0.2) is 78.9 Å². The zero-order valence-electron chi connectivity index (χ0n) is 17.7. The first kappa shape index (κ1) is 22.8. The molecule has 4 N–H and O–H groups in total. The van der Waals surface area contributed by atoms with Crippen molar-refractivity contribution in [1.82, 2.24) is 5.48 Å². The fourth-order valence-corrected chi connectivity index (χ4v) is 3.56. The lowest BCUT2D eigenvalue weighted by molar-refractivity contribution is -0.124. The molecule has 3 rings (SSSR count). The van der Waals surface area contributed by atoms with Crippen molar-refractivity contribution in [2.45, 2.75) is 25.9 Å². The molecule has 0 fully saturated rings. The largest absolute Gasteiger partial charge is 0.507 e. The Kier molecular flexibility index (Phi) is 7.83. The molecular weight excluding hydrogens is 408 g/mol. The van der Waals surface area contributed by atoms with E-state index in [9.17, 15) is 14.7 Å². The zero-order chi connectivity index (χ0) is 22.9. The van der Waals surface area contributed by atoms with Crippen molar-refractivity contribution in [3.8, 4) is 5.75 Å². The predicted octanol–water partition coefficient (Wildman–Crippen LogP) is 5.31. The van der Waals surface area contributed by atoms with E-state index < -0.39 is 18.1 Å². The van der Waals surface area contributed by atoms with Gasteiger partial charge in [0.2, 0.25) is 0 Å². The van der Waals surface area contributed by atoms with Crippen molar-refractivity contribution in [3.05, 3.63) is 84.4 Å². The molecule has 0 aliphatic rings. The van der Waals surface area contributed by atoms with E-state index in [1.54, 1.807) is 35.8 Å². The highest BCUT2D eigenvalue weighted by Gasteiger charge is 2.26. The van der Waals surface area contributed by atoms with Gasteiger partial charge in [0, 0.05) is 22.7 Å². The third-order valence-corrected chi connectivity index (χ3v) is 5.18. The Morgan fingerprint density at radius 2 is 1.69 bits per heavy atom. The topological polar surface area (TPSA) is 108 Å². The van der Waals surface area contributed by atoms with Crippen LogP contribution in [0, 0.1) is 5.92 Å². The Morgan fingerprint density at radius 3 is 2.41 bits per heavy atom. The number of hydrogen-bond acceptors (Lipinski definition) is 5. The van der Waals surface area contributed by atoms with Gasteiger partial charge in [-0.05, 0) is 42.3 Å². The molecule has 0 aliphatic heterocycles. The molecular formula is C25H26N2O5. The van der Waals surface area contributed by atoms with Crippen molar-refractivity contribution in [1.29, 1.82) is 0 Å². The molecule has 0 spiro atoms. The van der Waals surface area contributed by atoms with Crippen LogP contribution in [0.1, 0.15) is 31.4 Å². The molecule has 0 bridgehead atoms. The van der Waals surface area contributed by atoms with E-state index in [2.05, 4.69) is 5.32 Å². The number of para-hydroxylation sites is 1. The maximum atomic E-state index is 12.7. The number of aromatic hydroxyl groups is 1. The van der Waals surface area contributed by atoms with Crippen LogP contribution in [0.4, 0.5) is 10.5 Å². The van der Waals surface area contributed by atoms with E-state index in [-0.39, 0.29) is 11.7 Å². The number of amides is 2. The number of fused-ring (bicyclic) bond motifs is 1. The van der Waals surface area contributed by atoms with Crippen LogP contribution >= 0.6 is 0 Å². The van der Waals surface area contributed by atoms with Gasteiger partial charge in [-0.1, -0.05) is 61.5 Å². The summed E-state index contributed by atoms with van der Waals surface area (Å²) in [5.74, 6) is -0.550. The monoisotopic (exact) mass is 434 g/mol. The molecule has 3 aromatic rings. The number of allylic oxidation sites excluding steroid dienone is 1. The third kappa shape index (κ3) is 5.86. The molecule has 0 aliphatic carbocycles. The molecule has 7 nitrogen and oxygen atoms in total. The quantitative estimate of drug-likeness (QED) is 0.218. The van der Waals surface area contributed by atoms with Crippen molar-refractivity contribution in [3.63, 3.8) is 0 Å². The average Bonchev–Trinajstić information content (AvgIpc) is 2.81. The second kappa shape index (κ2) is 11.0. The van der Waals surface area contributed by atoms with Gasteiger partial charge in [-0.2, -0.15) is 0 Å². The summed E-state index contributed by atoms with van der Waals surface area (Å²) >= 11 is 0. The number of phenolic OH excluding ortho intramolecular Hbond substituents is 1. The minimum atomic E-state index is -0.600. The number of anilines is 1. The average molecular weight is 434 g/mol. The van der Waals surface area contributed by atoms with Crippen molar-refractivity contribution >= 4 is 28.5 Å². The number of hydroxylamine groups is 1. The molecule has 7 heteroatoms. The van der Waals surface area contributed by atoms with Crippen LogP contribution in [-0.4, -0.2) is 22.3 Å². The standard InChI is InChI=1S/C25H26N2O5/c1-17(9-5-8-14-23(29)27-31)24(32-25(30)26-18-10-3-2-4-11-18)21-15-16-22(28)20-13-7-6-12-19(20)21/h2-4,6-8,10-17,24,28,31H,5,9H2,1H3,(H,26,30)(H,27,29)/b14-8+/t17-,24+/m1/s1. The summed E-state index contributed by atoms with van der Waals surface area (Å²) in [6, 6.07) is 19.8. The van der Waals surface area contributed by atoms with Gasteiger partial charge in [0.25, 0.3) is 5.91 Å². The first-order valence-corrected chi connectivity index (χ1v) is 10.3. The van der Waals surface area contributed by atoms with Gasteiger partial charge >= 0.3 is 6.09 Å². The number of benzene rings is 3. The van der Waals surface area contributed by atoms with E-state index in [1.165, 1.54) is 6.08 Å². The molecule has 2 amide bonds. The van der Waals surface area contributed by atoms with Crippen molar-refractivity contribution in [2.75, 3.05) is 5.32 Å². The number of carbonyl (C=O) groups excluding carboxylic acids is 2. The first-order chi connectivity index (χ1) is 15.5. The maximum absolute atomic E-state index is 12.7. The van der Waals surface area contributed by atoms with Crippen LogP contribution in [0.3, 0.4) is 0 Å². The summed E-state index contributed by atoms with van der Waals surface area (Å²) in [7, 11) is 0.